The maximum atomic E-state index is 4.17. The molecule has 1 heterocycles. The number of hydrogen-bond donors (Lipinski definition) is 2. The van der Waals surface area contributed by atoms with Crippen molar-refractivity contribution in [3.05, 3.63) is 0 Å². The number of hydrogen-bond acceptors (Lipinski definition) is 3. The Morgan fingerprint density at radius 2 is 2.78 bits per heavy atom. The Morgan fingerprint density at radius 3 is 3.33 bits per heavy atom. The van der Waals surface area contributed by atoms with Gasteiger partial charge in [-0.15, -0.1) is 0 Å². The summed E-state index contributed by atoms with van der Waals surface area (Å²) >= 11 is 0. The van der Waals surface area contributed by atoms with E-state index in [1.165, 1.54) is 0 Å². The first kappa shape index (κ1) is 6.71. The van der Waals surface area contributed by atoms with Gasteiger partial charge in [-0.1, -0.05) is 6.92 Å². The average molecular weight is 127 g/mol. The molecule has 0 aliphatic carbocycles. The fourth-order valence-corrected chi connectivity index (χ4v) is 0.835. The molecular weight excluding hydrogens is 114 g/mol. The molecule has 3 nitrogen and oxygen atoms in total. The molecule has 0 radical (unpaired) electrons. The molecule has 0 saturated carbocycles. The molecule has 3 heteroatoms. The maximum absolute atomic E-state index is 4.17. The van der Waals surface area contributed by atoms with Crippen LogP contribution in [0.15, 0.2) is 4.99 Å². The topological polar surface area (TPSA) is 36.4 Å². The zero-order valence-electron chi connectivity index (χ0n) is 5.72. The van der Waals surface area contributed by atoms with Crippen molar-refractivity contribution in [1.29, 1.82) is 0 Å². The van der Waals surface area contributed by atoms with Crippen LogP contribution in [0.3, 0.4) is 0 Å². The van der Waals surface area contributed by atoms with Gasteiger partial charge in [-0.3, -0.25) is 15.6 Å². The zero-order chi connectivity index (χ0) is 6.53. The van der Waals surface area contributed by atoms with Gasteiger partial charge in [-0.05, 0) is 13.0 Å². The van der Waals surface area contributed by atoms with E-state index in [0.29, 0.717) is 0 Å². The van der Waals surface area contributed by atoms with Crippen LogP contribution in [-0.2, 0) is 0 Å². The van der Waals surface area contributed by atoms with Crippen LogP contribution in [0.1, 0.15) is 13.3 Å². The minimum absolute atomic E-state index is 0.170. The van der Waals surface area contributed by atoms with E-state index in [0.717, 1.165) is 19.5 Å². The van der Waals surface area contributed by atoms with E-state index >= 15 is 0 Å². The lowest BCUT2D eigenvalue weighted by Crippen LogP contribution is -2.43. The molecule has 52 valence electrons. The van der Waals surface area contributed by atoms with Crippen LogP contribution < -0.4 is 10.6 Å². The second-order valence-electron chi connectivity index (χ2n) is 2.03. The molecule has 1 atom stereocenters. The van der Waals surface area contributed by atoms with Crippen LogP contribution in [0.2, 0.25) is 0 Å². The van der Waals surface area contributed by atoms with Crippen molar-refractivity contribution in [2.45, 2.75) is 19.6 Å². The monoisotopic (exact) mass is 127 g/mol. The van der Waals surface area contributed by atoms with Gasteiger partial charge in [0.25, 0.3) is 0 Å². The van der Waals surface area contributed by atoms with Gasteiger partial charge in [0.1, 0.15) is 0 Å². The van der Waals surface area contributed by atoms with Crippen molar-refractivity contribution in [3.63, 3.8) is 0 Å². The summed E-state index contributed by atoms with van der Waals surface area (Å²) in [7, 11) is 0. The van der Waals surface area contributed by atoms with Gasteiger partial charge in [0, 0.05) is 12.8 Å². The predicted octanol–water partition coefficient (Wildman–Crippen LogP) is -0.0564. The molecule has 0 aromatic carbocycles. The first-order valence-corrected chi connectivity index (χ1v) is 3.42. The molecule has 0 aromatic rings. The second kappa shape index (κ2) is 3.58. The van der Waals surface area contributed by atoms with Crippen molar-refractivity contribution in [1.82, 2.24) is 10.6 Å². The fourth-order valence-electron chi connectivity index (χ4n) is 0.835. The van der Waals surface area contributed by atoms with E-state index in [1.807, 2.05) is 6.21 Å². The first-order chi connectivity index (χ1) is 4.43. The Bertz CT molecular complexity index is 100. The Balaban J connectivity index is 2.23. The molecule has 1 aliphatic heterocycles. The van der Waals surface area contributed by atoms with E-state index in [1.54, 1.807) is 0 Å². The highest BCUT2D eigenvalue weighted by Gasteiger charge is 2.03. The molecule has 1 unspecified atom stereocenters. The van der Waals surface area contributed by atoms with E-state index in [2.05, 4.69) is 22.5 Å². The van der Waals surface area contributed by atoms with E-state index in [-0.39, 0.29) is 6.29 Å². The Kier molecular flexibility index (Phi) is 2.67. The lowest BCUT2D eigenvalue weighted by molar-refractivity contribution is 0.444. The SMILES string of the molecule is CCNC1N=CCCN1. The highest BCUT2D eigenvalue weighted by Crippen LogP contribution is 1.87. The number of nitrogens with zero attached hydrogens (tertiary/aromatic N) is 1. The Morgan fingerprint density at radius 1 is 1.89 bits per heavy atom. The summed E-state index contributed by atoms with van der Waals surface area (Å²) in [6.45, 7) is 4.09. The highest BCUT2D eigenvalue weighted by molar-refractivity contribution is 5.58. The summed E-state index contributed by atoms with van der Waals surface area (Å²) in [4.78, 5) is 4.17. The Labute approximate surface area is 55.6 Å². The largest absolute Gasteiger partial charge is 0.284 e. The molecule has 0 saturated heterocycles. The summed E-state index contributed by atoms with van der Waals surface area (Å²) in [5, 5.41) is 6.39. The third-order valence-corrected chi connectivity index (χ3v) is 1.26. The van der Waals surface area contributed by atoms with Crippen LogP contribution in [-0.4, -0.2) is 25.6 Å². The molecule has 0 amide bonds. The molecule has 2 N–H and O–H groups in total. The summed E-state index contributed by atoms with van der Waals surface area (Å²) in [5.41, 5.74) is 0. The molecule has 0 spiro atoms. The van der Waals surface area contributed by atoms with Crippen LogP contribution in [0, 0.1) is 0 Å². The highest BCUT2D eigenvalue weighted by atomic mass is 15.2. The quantitative estimate of drug-likeness (QED) is 0.545. The van der Waals surface area contributed by atoms with Crippen LogP contribution >= 0.6 is 0 Å². The van der Waals surface area contributed by atoms with Crippen LogP contribution in [0.5, 0.6) is 0 Å². The van der Waals surface area contributed by atoms with Crippen molar-refractivity contribution in [3.8, 4) is 0 Å². The van der Waals surface area contributed by atoms with Gasteiger partial charge in [-0.2, -0.15) is 0 Å². The van der Waals surface area contributed by atoms with Crippen LogP contribution in [0.25, 0.3) is 0 Å². The molecule has 0 aromatic heterocycles. The minimum Gasteiger partial charge on any atom is -0.284 e. The van der Waals surface area contributed by atoms with E-state index in [9.17, 15) is 0 Å². The first-order valence-electron chi connectivity index (χ1n) is 3.42. The number of aliphatic imine (C=N–C) groups is 1. The fraction of sp³-hybridized carbons (Fsp3) is 0.833. The molecule has 1 rings (SSSR count). The number of rotatable bonds is 2. The molecule has 1 aliphatic rings. The zero-order valence-corrected chi connectivity index (χ0v) is 5.72. The predicted molar refractivity (Wildman–Crippen MR) is 38.6 cm³/mol. The smallest absolute Gasteiger partial charge is 0.153 e. The standard InChI is InChI=1S/C6H13N3/c1-2-7-6-8-4-3-5-9-6/h4,6-7,9H,2-3,5H2,1H3. The third kappa shape index (κ3) is 2.11. The van der Waals surface area contributed by atoms with Crippen molar-refractivity contribution < 1.29 is 0 Å². The summed E-state index contributed by atoms with van der Waals surface area (Å²) in [6, 6.07) is 0. The summed E-state index contributed by atoms with van der Waals surface area (Å²) < 4.78 is 0. The van der Waals surface area contributed by atoms with Crippen molar-refractivity contribution in [2.24, 2.45) is 4.99 Å². The van der Waals surface area contributed by atoms with Gasteiger partial charge < -0.3 is 0 Å². The van der Waals surface area contributed by atoms with Gasteiger partial charge in [0.2, 0.25) is 0 Å². The van der Waals surface area contributed by atoms with E-state index < -0.39 is 0 Å². The maximum Gasteiger partial charge on any atom is 0.153 e. The molecular formula is C6H13N3. The van der Waals surface area contributed by atoms with Crippen LogP contribution in [0.4, 0.5) is 0 Å². The normalized spacial score (nSPS) is 26.6. The summed E-state index contributed by atoms with van der Waals surface area (Å²) in [5.74, 6) is 0. The van der Waals surface area contributed by atoms with Crippen molar-refractivity contribution in [2.75, 3.05) is 13.1 Å². The Hall–Kier alpha value is -0.410. The number of nitrogens with one attached hydrogen (secondary N) is 2. The lowest BCUT2D eigenvalue weighted by Gasteiger charge is -2.17. The molecule has 0 fully saturated rings. The lowest BCUT2D eigenvalue weighted by atomic mass is 10.4. The van der Waals surface area contributed by atoms with Gasteiger partial charge in [0.05, 0.1) is 0 Å². The van der Waals surface area contributed by atoms with E-state index in [4.69, 9.17) is 0 Å². The van der Waals surface area contributed by atoms with Gasteiger partial charge in [-0.25, -0.2) is 0 Å². The summed E-state index contributed by atoms with van der Waals surface area (Å²) in [6.07, 6.45) is 3.19. The minimum atomic E-state index is 0.170. The second-order valence-corrected chi connectivity index (χ2v) is 2.03. The average Bonchev–Trinajstić information content (AvgIpc) is 1.91. The van der Waals surface area contributed by atoms with Crippen molar-refractivity contribution >= 4 is 6.21 Å². The molecule has 9 heavy (non-hydrogen) atoms. The molecule has 0 bridgehead atoms. The third-order valence-electron chi connectivity index (χ3n) is 1.26. The van der Waals surface area contributed by atoms with Gasteiger partial charge >= 0.3 is 0 Å². The van der Waals surface area contributed by atoms with Gasteiger partial charge in [0.15, 0.2) is 6.29 Å².